The number of carboxylic acids is 1. The van der Waals surface area contributed by atoms with Crippen molar-refractivity contribution in [1.82, 2.24) is 19.9 Å². The molecular weight excluding hydrogens is 296 g/mol. The van der Waals surface area contributed by atoms with Crippen LogP contribution in [0.5, 0.6) is 0 Å². The average molecular weight is 314 g/mol. The molecule has 120 valence electrons. The summed E-state index contributed by atoms with van der Waals surface area (Å²) >= 11 is 0. The van der Waals surface area contributed by atoms with Gasteiger partial charge in [-0.2, -0.15) is 0 Å². The van der Waals surface area contributed by atoms with Gasteiger partial charge in [-0.3, -0.25) is 4.79 Å². The van der Waals surface area contributed by atoms with Crippen LogP contribution in [0.3, 0.4) is 0 Å². The van der Waals surface area contributed by atoms with E-state index in [-0.39, 0.29) is 11.6 Å². The Balaban J connectivity index is 1.77. The van der Waals surface area contributed by atoms with Gasteiger partial charge in [-0.15, -0.1) is 5.10 Å². The van der Waals surface area contributed by atoms with E-state index in [0.717, 1.165) is 5.56 Å². The molecule has 1 saturated heterocycles. The lowest BCUT2D eigenvalue weighted by Gasteiger charge is -2.30. The summed E-state index contributed by atoms with van der Waals surface area (Å²) in [6, 6.07) is 9.72. The molecule has 23 heavy (non-hydrogen) atoms. The first kappa shape index (κ1) is 15.2. The summed E-state index contributed by atoms with van der Waals surface area (Å²) in [6.07, 6.45) is 2.69. The van der Waals surface area contributed by atoms with Crippen LogP contribution in [-0.2, 0) is 11.3 Å². The highest BCUT2D eigenvalue weighted by atomic mass is 16.4. The lowest BCUT2D eigenvalue weighted by molar-refractivity contribution is -0.147. The molecule has 1 aliphatic heterocycles. The van der Waals surface area contributed by atoms with Gasteiger partial charge >= 0.3 is 5.97 Å². The number of carbonyl (C=O) groups is 2. The minimum Gasteiger partial charge on any atom is -0.480 e. The number of rotatable bonds is 4. The number of hydrogen-bond donors (Lipinski definition) is 1. The SMILES string of the molecule is CC1(C(=O)O)CCCN1C(=O)c1cn(Cc2ccccc2)nn1. The summed E-state index contributed by atoms with van der Waals surface area (Å²) in [6.45, 7) is 2.51. The molecule has 1 atom stereocenters. The maximum Gasteiger partial charge on any atom is 0.329 e. The monoisotopic (exact) mass is 314 g/mol. The summed E-state index contributed by atoms with van der Waals surface area (Å²) in [5.74, 6) is -1.37. The van der Waals surface area contributed by atoms with E-state index in [4.69, 9.17) is 0 Å². The van der Waals surface area contributed by atoms with Crippen molar-refractivity contribution >= 4 is 11.9 Å². The lowest BCUT2D eigenvalue weighted by atomic mass is 9.99. The third-order valence-electron chi connectivity index (χ3n) is 4.29. The number of aliphatic carboxylic acids is 1. The van der Waals surface area contributed by atoms with Crippen LogP contribution in [0.15, 0.2) is 36.5 Å². The fourth-order valence-electron chi connectivity index (χ4n) is 2.89. The van der Waals surface area contributed by atoms with Crippen LogP contribution in [0.2, 0.25) is 0 Å². The maximum absolute atomic E-state index is 12.6. The van der Waals surface area contributed by atoms with Crippen LogP contribution in [0, 0.1) is 0 Å². The Kier molecular flexibility index (Phi) is 3.85. The van der Waals surface area contributed by atoms with Crippen molar-refractivity contribution in [2.24, 2.45) is 0 Å². The van der Waals surface area contributed by atoms with Gasteiger partial charge in [0.05, 0.1) is 12.7 Å². The fraction of sp³-hybridized carbons (Fsp3) is 0.375. The predicted octanol–water partition coefficient (Wildman–Crippen LogP) is 1.41. The van der Waals surface area contributed by atoms with E-state index >= 15 is 0 Å². The van der Waals surface area contributed by atoms with Crippen LogP contribution < -0.4 is 0 Å². The van der Waals surface area contributed by atoms with Gasteiger partial charge in [0.2, 0.25) is 0 Å². The van der Waals surface area contributed by atoms with Crippen molar-refractivity contribution in [2.45, 2.75) is 31.8 Å². The van der Waals surface area contributed by atoms with Gasteiger partial charge in [0.25, 0.3) is 5.91 Å². The number of benzene rings is 1. The average Bonchev–Trinajstić information content (AvgIpc) is 3.15. The summed E-state index contributed by atoms with van der Waals surface area (Å²) in [5.41, 5.74) is 0.0589. The lowest BCUT2D eigenvalue weighted by Crippen LogP contribution is -2.50. The number of amides is 1. The second-order valence-electron chi connectivity index (χ2n) is 5.93. The van der Waals surface area contributed by atoms with Gasteiger partial charge in [-0.25, -0.2) is 9.48 Å². The largest absolute Gasteiger partial charge is 0.480 e. The van der Waals surface area contributed by atoms with E-state index in [1.165, 1.54) is 4.90 Å². The van der Waals surface area contributed by atoms with E-state index < -0.39 is 11.5 Å². The standard InChI is InChI=1S/C16H18N4O3/c1-16(15(22)23)8-5-9-20(16)14(21)13-11-19(18-17-13)10-12-6-3-2-4-7-12/h2-4,6-7,11H,5,8-10H2,1H3,(H,22,23). The molecule has 0 bridgehead atoms. The molecular formula is C16H18N4O3. The zero-order chi connectivity index (χ0) is 16.4. The molecule has 2 heterocycles. The molecule has 1 aromatic carbocycles. The van der Waals surface area contributed by atoms with Crippen molar-refractivity contribution in [3.8, 4) is 0 Å². The summed E-state index contributed by atoms with van der Waals surface area (Å²) in [7, 11) is 0. The van der Waals surface area contributed by atoms with Crippen LogP contribution >= 0.6 is 0 Å². The molecule has 1 aliphatic rings. The Labute approximate surface area is 133 Å². The summed E-state index contributed by atoms with van der Waals surface area (Å²) < 4.78 is 1.58. The van der Waals surface area contributed by atoms with E-state index in [9.17, 15) is 14.7 Å². The number of aromatic nitrogens is 3. The van der Waals surface area contributed by atoms with Crippen LogP contribution in [-0.4, -0.2) is 49.0 Å². The number of carboxylic acid groups (broad SMARTS) is 1. The third kappa shape index (κ3) is 2.81. The highest BCUT2D eigenvalue weighted by molar-refractivity contribution is 5.96. The Bertz CT molecular complexity index is 728. The Morgan fingerprint density at radius 3 is 2.74 bits per heavy atom. The first-order valence-electron chi connectivity index (χ1n) is 7.50. The smallest absolute Gasteiger partial charge is 0.329 e. The highest BCUT2D eigenvalue weighted by Crippen LogP contribution is 2.30. The van der Waals surface area contributed by atoms with E-state index in [1.807, 2.05) is 30.3 Å². The molecule has 1 N–H and O–H groups in total. The molecule has 7 heteroatoms. The molecule has 1 unspecified atom stereocenters. The minimum absolute atomic E-state index is 0.176. The summed E-state index contributed by atoms with van der Waals surface area (Å²) in [5, 5.41) is 17.3. The van der Waals surface area contributed by atoms with Crippen LogP contribution in [0.25, 0.3) is 0 Å². The molecule has 0 saturated carbocycles. The quantitative estimate of drug-likeness (QED) is 0.921. The van der Waals surface area contributed by atoms with Crippen molar-refractivity contribution in [1.29, 1.82) is 0 Å². The topological polar surface area (TPSA) is 88.3 Å². The van der Waals surface area contributed by atoms with Crippen molar-refractivity contribution in [3.63, 3.8) is 0 Å². The fourth-order valence-corrected chi connectivity index (χ4v) is 2.89. The number of carbonyl (C=O) groups excluding carboxylic acids is 1. The zero-order valence-electron chi connectivity index (χ0n) is 12.8. The van der Waals surface area contributed by atoms with Gasteiger partial charge in [-0.05, 0) is 25.3 Å². The number of nitrogens with zero attached hydrogens (tertiary/aromatic N) is 4. The van der Waals surface area contributed by atoms with Crippen LogP contribution in [0.4, 0.5) is 0 Å². The highest BCUT2D eigenvalue weighted by Gasteiger charge is 2.46. The first-order valence-corrected chi connectivity index (χ1v) is 7.50. The maximum atomic E-state index is 12.6. The zero-order valence-corrected chi connectivity index (χ0v) is 12.8. The van der Waals surface area contributed by atoms with Gasteiger partial charge < -0.3 is 10.0 Å². The molecule has 1 amide bonds. The van der Waals surface area contributed by atoms with Crippen molar-refractivity contribution in [2.75, 3.05) is 6.54 Å². The molecule has 7 nitrogen and oxygen atoms in total. The molecule has 1 fully saturated rings. The second kappa shape index (κ2) is 5.83. The van der Waals surface area contributed by atoms with Gasteiger partial charge in [-0.1, -0.05) is 35.5 Å². The van der Waals surface area contributed by atoms with E-state index in [0.29, 0.717) is 25.9 Å². The minimum atomic E-state index is -1.17. The number of hydrogen-bond acceptors (Lipinski definition) is 4. The van der Waals surface area contributed by atoms with E-state index in [1.54, 1.807) is 17.8 Å². The molecule has 1 aromatic heterocycles. The second-order valence-corrected chi connectivity index (χ2v) is 5.93. The third-order valence-corrected chi connectivity index (χ3v) is 4.29. The number of likely N-dealkylation sites (tertiary alicyclic amines) is 1. The Hall–Kier alpha value is -2.70. The van der Waals surface area contributed by atoms with Gasteiger partial charge in [0.1, 0.15) is 5.54 Å². The van der Waals surface area contributed by atoms with Crippen molar-refractivity contribution < 1.29 is 14.7 Å². The summed E-state index contributed by atoms with van der Waals surface area (Å²) in [4.78, 5) is 25.4. The first-order chi connectivity index (χ1) is 11.0. The Morgan fingerprint density at radius 1 is 1.30 bits per heavy atom. The molecule has 0 radical (unpaired) electrons. The molecule has 0 aliphatic carbocycles. The molecule has 2 aromatic rings. The molecule has 3 rings (SSSR count). The van der Waals surface area contributed by atoms with E-state index in [2.05, 4.69) is 10.3 Å². The van der Waals surface area contributed by atoms with Gasteiger partial charge in [0.15, 0.2) is 5.69 Å². The van der Waals surface area contributed by atoms with Crippen molar-refractivity contribution in [3.05, 3.63) is 47.8 Å². The molecule has 0 spiro atoms. The van der Waals surface area contributed by atoms with Gasteiger partial charge in [0, 0.05) is 6.54 Å². The predicted molar refractivity (Wildman–Crippen MR) is 81.9 cm³/mol. The normalized spacial score (nSPS) is 20.7. The van der Waals surface area contributed by atoms with Crippen LogP contribution in [0.1, 0.15) is 35.8 Å². The Morgan fingerprint density at radius 2 is 2.04 bits per heavy atom.